The van der Waals surface area contributed by atoms with E-state index >= 15 is 0 Å². The molecule has 0 amide bonds. The maximum atomic E-state index is 5.48. The molecule has 0 saturated heterocycles. The van der Waals surface area contributed by atoms with E-state index in [1.165, 1.54) is 18.4 Å². The molecular weight excluding hydrogens is 256 g/mol. The summed E-state index contributed by atoms with van der Waals surface area (Å²) in [4.78, 5) is 0. The maximum Gasteiger partial charge on any atom is 0.189 e. The molecule has 0 radical (unpaired) electrons. The van der Waals surface area contributed by atoms with Crippen molar-refractivity contribution in [2.45, 2.75) is 18.2 Å². The smallest absolute Gasteiger partial charge is 0.189 e. The summed E-state index contributed by atoms with van der Waals surface area (Å²) in [7, 11) is 0. The monoisotopic (exact) mass is 270 g/mol. The highest BCUT2D eigenvalue weighted by Gasteiger charge is 2.20. The molecule has 0 spiro atoms. The molecule has 3 heteroatoms. The lowest BCUT2D eigenvalue weighted by Crippen LogP contribution is -2.05. The zero-order chi connectivity index (χ0) is 10.5. The third-order valence-corrected chi connectivity index (χ3v) is 3.06. The van der Waals surface area contributed by atoms with Crippen LogP contribution in [0.2, 0.25) is 0 Å². The van der Waals surface area contributed by atoms with Gasteiger partial charge in [-0.25, -0.2) is 0 Å². The second-order valence-corrected chi connectivity index (χ2v) is 4.42. The van der Waals surface area contributed by atoms with Crippen LogP contribution in [0.25, 0.3) is 0 Å². The molecule has 1 fully saturated rings. The average Bonchev–Trinajstić information content (AvgIpc) is 3.09. The predicted octanol–water partition coefficient (Wildman–Crippen LogP) is 3.34. The van der Waals surface area contributed by atoms with Gasteiger partial charge in [0.25, 0.3) is 0 Å². The highest BCUT2D eigenvalue weighted by Crippen LogP contribution is 2.28. The molecule has 2 rings (SSSR count). The highest BCUT2D eigenvalue weighted by atomic mass is 79.9. The average molecular weight is 271 g/mol. The SMILES string of the molecule is BrCc1cccc(OCOCC2CC2)c1. The minimum Gasteiger partial charge on any atom is -0.468 e. The Balaban J connectivity index is 1.71. The van der Waals surface area contributed by atoms with E-state index in [1.54, 1.807) is 0 Å². The van der Waals surface area contributed by atoms with Gasteiger partial charge in [0, 0.05) is 5.33 Å². The molecular formula is C12H15BrO2. The first-order valence-corrected chi connectivity index (χ1v) is 6.36. The van der Waals surface area contributed by atoms with Gasteiger partial charge in [0.05, 0.1) is 6.61 Å². The quantitative estimate of drug-likeness (QED) is 0.449. The van der Waals surface area contributed by atoms with Crippen molar-refractivity contribution in [3.8, 4) is 5.75 Å². The second-order valence-electron chi connectivity index (χ2n) is 3.86. The molecule has 0 bridgehead atoms. The van der Waals surface area contributed by atoms with Gasteiger partial charge in [0.15, 0.2) is 6.79 Å². The summed E-state index contributed by atoms with van der Waals surface area (Å²) in [5, 5.41) is 0.854. The van der Waals surface area contributed by atoms with Crippen molar-refractivity contribution in [1.82, 2.24) is 0 Å². The Morgan fingerprint density at radius 1 is 1.33 bits per heavy atom. The van der Waals surface area contributed by atoms with Gasteiger partial charge in [-0.2, -0.15) is 0 Å². The summed E-state index contributed by atoms with van der Waals surface area (Å²) < 4.78 is 10.9. The molecule has 1 aliphatic carbocycles. The van der Waals surface area contributed by atoms with Crippen LogP contribution in [0, 0.1) is 5.92 Å². The summed E-state index contributed by atoms with van der Waals surface area (Å²) >= 11 is 3.41. The van der Waals surface area contributed by atoms with Crippen molar-refractivity contribution in [2.24, 2.45) is 5.92 Å². The van der Waals surface area contributed by atoms with Crippen LogP contribution >= 0.6 is 15.9 Å². The second kappa shape index (κ2) is 5.52. The largest absolute Gasteiger partial charge is 0.468 e. The van der Waals surface area contributed by atoms with Crippen LogP contribution in [-0.4, -0.2) is 13.4 Å². The van der Waals surface area contributed by atoms with Crippen LogP contribution in [0.15, 0.2) is 24.3 Å². The maximum absolute atomic E-state index is 5.48. The molecule has 2 nitrogen and oxygen atoms in total. The summed E-state index contributed by atoms with van der Waals surface area (Å²) in [6.45, 7) is 1.21. The number of hydrogen-bond acceptors (Lipinski definition) is 2. The van der Waals surface area contributed by atoms with Crippen LogP contribution in [-0.2, 0) is 10.1 Å². The van der Waals surface area contributed by atoms with E-state index in [0.29, 0.717) is 6.79 Å². The van der Waals surface area contributed by atoms with Crippen LogP contribution in [0.1, 0.15) is 18.4 Å². The van der Waals surface area contributed by atoms with E-state index in [-0.39, 0.29) is 0 Å². The van der Waals surface area contributed by atoms with E-state index in [4.69, 9.17) is 9.47 Å². The molecule has 82 valence electrons. The molecule has 0 aromatic heterocycles. The Morgan fingerprint density at radius 3 is 2.93 bits per heavy atom. The number of hydrogen-bond donors (Lipinski definition) is 0. The molecule has 1 aromatic rings. The molecule has 1 saturated carbocycles. The van der Waals surface area contributed by atoms with E-state index in [9.17, 15) is 0 Å². The standard InChI is InChI=1S/C12H15BrO2/c13-7-11-2-1-3-12(6-11)15-9-14-8-10-4-5-10/h1-3,6,10H,4-5,7-9H2. The number of rotatable bonds is 6. The summed E-state index contributed by atoms with van der Waals surface area (Å²) in [5.41, 5.74) is 1.22. The van der Waals surface area contributed by atoms with Gasteiger partial charge < -0.3 is 9.47 Å². The fourth-order valence-corrected chi connectivity index (χ4v) is 1.68. The van der Waals surface area contributed by atoms with Crippen molar-refractivity contribution < 1.29 is 9.47 Å². The van der Waals surface area contributed by atoms with Gasteiger partial charge in [-0.1, -0.05) is 28.1 Å². The first-order chi connectivity index (χ1) is 7.38. The topological polar surface area (TPSA) is 18.5 Å². The number of benzene rings is 1. The highest BCUT2D eigenvalue weighted by molar-refractivity contribution is 9.08. The summed E-state index contributed by atoms with van der Waals surface area (Å²) in [6.07, 6.45) is 2.64. The lowest BCUT2D eigenvalue weighted by Gasteiger charge is -2.07. The Bertz CT molecular complexity index is 310. The molecule has 0 N–H and O–H groups in total. The molecule has 1 aromatic carbocycles. The Hall–Kier alpha value is -0.540. The van der Waals surface area contributed by atoms with Crippen molar-refractivity contribution in [3.63, 3.8) is 0 Å². The molecule has 0 atom stereocenters. The fourth-order valence-electron chi connectivity index (χ4n) is 1.33. The van der Waals surface area contributed by atoms with Crippen LogP contribution < -0.4 is 4.74 Å². The predicted molar refractivity (Wildman–Crippen MR) is 63.2 cm³/mol. The lowest BCUT2D eigenvalue weighted by atomic mass is 10.2. The van der Waals surface area contributed by atoms with Crippen LogP contribution in [0.4, 0.5) is 0 Å². The van der Waals surface area contributed by atoms with Crippen molar-refractivity contribution in [1.29, 1.82) is 0 Å². The normalized spacial score (nSPS) is 15.3. The lowest BCUT2D eigenvalue weighted by molar-refractivity contribution is 0.00996. The first-order valence-electron chi connectivity index (χ1n) is 5.24. The van der Waals surface area contributed by atoms with E-state index in [2.05, 4.69) is 22.0 Å². The van der Waals surface area contributed by atoms with Crippen LogP contribution in [0.3, 0.4) is 0 Å². The zero-order valence-corrected chi connectivity index (χ0v) is 10.2. The molecule has 0 unspecified atom stereocenters. The summed E-state index contributed by atoms with van der Waals surface area (Å²) in [6, 6.07) is 8.03. The minimum atomic E-state index is 0.363. The minimum absolute atomic E-state index is 0.363. The van der Waals surface area contributed by atoms with Crippen molar-refractivity contribution in [3.05, 3.63) is 29.8 Å². The van der Waals surface area contributed by atoms with Gasteiger partial charge in [0.2, 0.25) is 0 Å². The molecule has 0 heterocycles. The van der Waals surface area contributed by atoms with E-state index in [0.717, 1.165) is 23.6 Å². The van der Waals surface area contributed by atoms with Crippen molar-refractivity contribution >= 4 is 15.9 Å². The van der Waals surface area contributed by atoms with Gasteiger partial charge in [-0.3, -0.25) is 0 Å². The van der Waals surface area contributed by atoms with Crippen LogP contribution in [0.5, 0.6) is 5.75 Å². The van der Waals surface area contributed by atoms with E-state index < -0.39 is 0 Å². The number of alkyl halides is 1. The molecule has 0 aliphatic heterocycles. The third kappa shape index (κ3) is 3.84. The third-order valence-electron chi connectivity index (χ3n) is 2.41. The molecule has 1 aliphatic rings. The summed E-state index contributed by atoms with van der Waals surface area (Å²) in [5.74, 6) is 1.67. The Kier molecular flexibility index (Phi) is 4.03. The first kappa shape index (κ1) is 11.0. The van der Waals surface area contributed by atoms with Gasteiger partial charge in [-0.05, 0) is 36.5 Å². The van der Waals surface area contributed by atoms with Gasteiger partial charge in [-0.15, -0.1) is 0 Å². The fraction of sp³-hybridized carbons (Fsp3) is 0.500. The van der Waals surface area contributed by atoms with E-state index in [1.807, 2.05) is 18.2 Å². The van der Waals surface area contributed by atoms with Gasteiger partial charge >= 0.3 is 0 Å². The number of halogens is 1. The zero-order valence-electron chi connectivity index (χ0n) is 8.62. The Morgan fingerprint density at radius 2 is 2.20 bits per heavy atom. The molecule has 15 heavy (non-hydrogen) atoms. The Labute approximate surface area is 98.7 Å². The van der Waals surface area contributed by atoms with Gasteiger partial charge in [0.1, 0.15) is 5.75 Å². The number of ether oxygens (including phenoxy) is 2. The van der Waals surface area contributed by atoms with Crippen molar-refractivity contribution in [2.75, 3.05) is 13.4 Å².